The normalized spacial score (nSPS) is 26.4. The summed E-state index contributed by atoms with van der Waals surface area (Å²) < 4.78 is 5.99. The van der Waals surface area contributed by atoms with Gasteiger partial charge < -0.3 is 25.4 Å². The number of halogens is 1. The van der Waals surface area contributed by atoms with Crippen LogP contribution in [0.3, 0.4) is 0 Å². The van der Waals surface area contributed by atoms with E-state index in [9.17, 15) is 15.3 Å². The maximum absolute atomic E-state index is 10.3. The number of ether oxygens (including phenoxy) is 1. The SMILES string of the molecule is CNc1ccc(Cc2cc(C3CC(O)[C@H](O)C(CO)O3)c3c(c2Cl)CCC3)cc1. The molecule has 6 heteroatoms. The molecule has 2 aliphatic rings. The van der Waals surface area contributed by atoms with Gasteiger partial charge in [-0.1, -0.05) is 29.8 Å². The van der Waals surface area contributed by atoms with Crippen LogP contribution in [0.25, 0.3) is 0 Å². The van der Waals surface area contributed by atoms with Gasteiger partial charge in [0.2, 0.25) is 0 Å². The minimum Gasteiger partial charge on any atom is -0.394 e. The number of hydrogen-bond acceptors (Lipinski definition) is 5. The first-order chi connectivity index (χ1) is 14.0. The molecule has 1 saturated heterocycles. The minimum atomic E-state index is -1.07. The van der Waals surface area contributed by atoms with Crippen LogP contribution in [0, 0.1) is 0 Å². The van der Waals surface area contributed by atoms with Crippen molar-refractivity contribution in [2.45, 2.75) is 56.5 Å². The Morgan fingerprint density at radius 1 is 1.14 bits per heavy atom. The van der Waals surface area contributed by atoms with Crippen LogP contribution in [0.15, 0.2) is 30.3 Å². The molecule has 29 heavy (non-hydrogen) atoms. The summed E-state index contributed by atoms with van der Waals surface area (Å²) in [5.74, 6) is 0. The fraction of sp³-hybridized carbons (Fsp3) is 0.478. The molecule has 3 unspecified atom stereocenters. The zero-order valence-electron chi connectivity index (χ0n) is 16.6. The van der Waals surface area contributed by atoms with Crippen molar-refractivity contribution in [1.82, 2.24) is 0 Å². The predicted molar refractivity (Wildman–Crippen MR) is 114 cm³/mol. The highest BCUT2D eigenvalue weighted by atomic mass is 35.5. The van der Waals surface area contributed by atoms with Crippen molar-refractivity contribution in [3.63, 3.8) is 0 Å². The Labute approximate surface area is 176 Å². The van der Waals surface area contributed by atoms with Gasteiger partial charge in [0.25, 0.3) is 0 Å². The van der Waals surface area contributed by atoms with Gasteiger partial charge in [-0.2, -0.15) is 0 Å². The van der Waals surface area contributed by atoms with E-state index >= 15 is 0 Å². The fourth-order valence-corrected chi connectivity index (χ4v) is 4.90. The maximum atomic E-state index is 10.3. The average Bonchev–Trinajstić information content (AvgIpc) is 3.23. The number of rotatable bonds is 5. The van der Waals surface area contributed by atoms with E-state index in [1.165, 1.54) is 16.7 Å². The molecule has 1 aliphatic heterocycles. The zero-order valence-corrected chi connectivity index (χ0v) is 17.3. The lowest BCUT2D eigenvalue weighted by Gasteiger charge is -2.37. The summed E-state index contributed by atoms with van der Waals surface area (Å²) >= 11 is 6.80. The highest BCUT2D eigenvalue weighted by molar-refractivity contribution is 6.32. The van der Waals surface area contributed by atoms with Gasteiger partial charge in [-0.15, -0.1) is 0 Å². The molecule has 1 aliphatic carbocycles. The van der Waals surface area contributed by atoms with Crippen LogP contribution in [0.2, 0.25) is 5.02 Å². The van der Waals surface area contributed by atoms with E-state index in [-0.39, 0.29) is 12.7 Å². The molecule has 0 aromatic heterocycles. The van der Waals surface area contributed by atoms with E-state index in [0.29, 0.717) is 12.8 Å². The third kappa shape index (κ3) is 4.03. The molecular weight excluding hydrogens is 390 g/mol. The van der Waals surface area contributed by atoms with Gasteiger partial charge in [-0.3, -0.25) is 0 Å². The molecular formula is C23H28ClNO4. The zero-order chi connectivity index (χ0) is 20.5. The molecule has 2 aromatic carbocycles. The van der Waals surface area contributed by atoms with Gasteiger partial charge in [-0.25, -0.2) is 0 Å². The lowest BCUT2D eigenvalue weighted by atomic mass is 9.88. The first kappa shape index (κ1) is 20.6. The van der Waals surface area contributed by atoms with Gasteiger partial charge in [0.1, 0.15) is 12.2 Å². The van der Waals surface area contributed by atoms with Crippen LogP contribution in [0.5, 0.6) is 0 Å². The fourth-order valence-electron chi connectivity index (χ4n) is 4.57. The molecule has 5 nitrogen and oxygen atoms in total. The minimum absolute atomic E-state index is 0.308. The topological polar surface area (TPSA) is 82.0 Å². The van der Waals surface area contributed by atoms with Crippen molar-refractivity contribution < 1.29 is 20.1 Å². The summed E-state index contributed by atoms with van der Waals surface area (Å²) in [5, 5.41) is 33.9. The number of fused-ring (bicyclic) bond motifs is 1. The predicted octanol–water partition coefficient (Wildman–Crippen LogP) is 3.01. The van der Waals surface area contributed by atoms with Crippen LogP contribution in [-0.4, -0.2) is 47.3 Å². The monoisotopic (exact) mass is 417 g/mol. The molecule has 0 radical (unpaired) electrons. The number of hydrogen-bond donors (Lipinski definition) is 4. The molecule has 4 atom stereocenters. The number of aliphatic hydroxyl groups excluding tert-OH is 3. The van der Waals surface area contributed by atoms with Gasteiger partial charge >= 0.3 is 0 Å². The van der Waals surface area contributed by atoms with Crippen molar-refractivity contribution in [3.05, 3.63) is 63.2 Å². The molecule has 1 heterocycles. The third-order valence-corrected chi connectivity index (χ3v) is 6.65. The van der Waals surface area contributed by atoms with Crippen LogP contribution >= 0.6 is 11.6 Å². The van der Waals surface area contributed by atoms with Crippen molar-refractivity contribution in [2.75, 3.05) is 19.0 Å². The Balaban J connectivity index is 1.69. The molecule has 0 amide bonds. The van der Waals surface area contributed by atoms with E-state index in [1.54, 1.807) is 0 Å². The van der Waals surface area contributed by atoms with E-state index in [1.807, 2.05) is 19.2 Å². The number of benzene rings is 2. The molecule has 0 spiro atoms. The summed E-state index contributed by atoms with van der Waals surface area (Å²) in [5.41, 5.74) is 6.69. The first-order valence-electron chi connectivity index (χ1n) is 10.2. The van der Waals surface area contributed by atoms with E-state index in [4.69, 9.17) is 16.3 Å². The smallest absolute Gasteiger partial charge is 0.110 e. The quantitative estimate of drug-likeness (QED) is 0.601. The highest BCUT2D eigenvalue weighted by Crippen LogP contribution is 2.41. The molecule has 4 rings (SSSR count). The van der Waals surface area contributed by atoms with Crippen LogP contribution in [0.1, 0.15) is 46.8 Å². The summed E-state index contributed by atoms with van der Waals surface area (Å²) in [6.45, 7) is -0.324. The lowest BCUT2D eigenvalue weighted by Crippen LogP contribution is -2.47. The van der Waals surface area contributed by atoms with Gasteiger partial charge in [0.05, 0.1) is 18.8 Å². The van der Waals surface area contributed by atoms with Crippen molar-refractivity contribution >= 4 is 17.3 Å². The van der Waals surface area contributed by atoms with E-state index in [0.717, 1.165) is 41.1 Å². The second kappa shape index (κ2) is 8.62. The summed E-state index contributed by atoms with van der Waals surface area (Å²) in [6, 6.07) is 10.4. The lowest BCUT2D eigenvalue weighted by molar-refractivity contribution is -0.181. The maximum Gasteiger partial charge on any atom is 0.110 e. The van der Waals surface area contributed by atoms with Crippen LogP contribution < -0.4 is 5.32 Å². The van der Waals surface area contributed by atoms with E-state index in [2.05, 4.69) is 23.5 Å². The third-order valence-electron chi connectivity index (χ3n) is 6.18. The van der Waals surface area contributed by atoms with Gasteiger partial charge in [0.15, 0.2) is 0 Å². The van der Waals surface area contributed by atoms with Crippen LogP contribution in [0.4, 0.5) is 5.69 Å². The van der Waals surface area contributed by atoms with Crippen molar-refractivity contribution in [3.8, 4) is 0 Å². The standard InChI is InChI=1S/C23H28ClNO4/c1-25-15-7-5-13(6-8-15)9-14-10-18(16-3-2-4-17(16)22(14)24)20-11-19(27)23(28)21(12-26)29-20/h5-8,10,19-21,23,25-28H,2-4,9,11-12H2,1H3/t19?,20?,21?,23-/m0/s1. The molecule has 156 valence electrons. The molecule has 0 bridgehead atoms. The Morgan fingerprint density at radius 3 is 2.55 bits per heavy atom. The largest absolute Gasteiger partial charge is 0.394 e. The van der Waals surface area contributed by atoms with Gasteiger partial charge in [-0.05, 0) is 65.6 Å². The molecule has 2 aromatic rings. The molecule has 4 N–H and O–H groups in total. The molecule has 0 saturated carbocycles. The number of aliphatic hydroxyl groups is 3. The summed E-state index contributed by atoms with van der Waals surface area (Å²) in [4.78, 5) is 0. The molecule has 1 fully saturated rings. The highest BCUT2D eigenvalue weighted by Gasteiger charge is 2.38. The summed E-state index contributed by atoms with van der Waals surface area (Å²) in [7, 11) is 1.90. The Kier molecular flexibility index (Phi) is 6.13. The number of anilines is 1. The number of nitrogens with one attached hydrogen (secondary N) is 1. The Hall–Kier alpha value is -1.63. The summed E-state index contributed by atoms with van der Waals surface area (Å²) in [6.07, 6.45) is 0.807. The van der Waals surface area contributed by atoms with Gasteiger partial charge in [0, 0.05) is 24.2 Å². The Bertz CT molecular complexity index is 870. The van der Waals surface area contributed by atoms with E-state index < -0.39 is 18.3 Å². The average molecular weight is 418 g/mol. The second-order valence-corrected chi connectivity index (χ2v) is 8.39. The second-order valence-electron chi connectivity index (χ2n) is 8.01. The van der Waals surface area contributed by atoms with Crippen LogP contribution in [-0.2, 0) is 24.0 Å². The van der Waals surface area contributed by atoms with Crippen molar-refractivity contribution in [2.24, 2.45) is 0 Å². The Morgan fingerprint density at radius 2 is 1.86 bits per heavy atom. The van der Waals surface area contributed by atoms with Crippen molar-refractivity contribution in [1.29, 1.82) is 0 Å². The first-order valence-corrected chi connectivity index (χ1v) is 10.6.